The van der Waals surface area contributed by atoms with Gasteiger partial charge >= 0.3 is 11.9 Å². The van der Waals surface area contributed by atoms with E-state index < -0.39 is 11.9 Å². The van der Waals surface area contributed by atoms with Gasteiger partial charge in [-0.2, -0.15) is 0 Å². The molecule has 0 N–H and O–H groups in total. The SMILES string of the molecule is COC(=O)/C(=C/N1CCOCC1)OC(C)=O. The van der Waals surface area contributed by atoms with E-state index in [1.165, 1.54) is 20.2 Å². The maximum atomic E-state index is 11.3. The molecule has 1 aliphatic heterocycles. The number of hydrogen-bond acceptors (Lipinski definition) is 6. The molecule has 0 aliphatic carbocycles. The second kappa shape index (κ2) is 6.12. The molecule has 6 heteroatoms. The van der Waals surface area contributed by atoms with Gasteiger partial charge in [-0.25, -0.2) is 4.79 Å². The summed E-state index contributed by atoms with van der Waals surface area (Å²) in [6, 6.07) is 0. The molecular formula is C10H15NO5. The first-order chi connectivity index (χ1) is 7.63. The number of rotatable bonds is 3. The van der Waals surface area contributed by atoms with Crippen LogP contribution in [0.25, 0.3) is 0 Å². The fraction of sp³-hybridized carbons (Fsp3) is 0.600. The van der Waals surface area contributed by atoms with Crippen molar-refractivity contribution in [3.05, 3.63) is 12.0 Å². The molecule has 0 unspecified atom stereocenters. The summed E-state index contributed by atoms with van der Waals surface area (Å²) in [6.07, 6.45) is 1.48. The lowest BCUT2D eigenvalue weighted by Gasteiger charge is -2.25. The average Bonchev–Trinajstić information content (AvgIpc) is 2.28. The Kier molecular flexibility index (Phi) is 4.78. The van der Waals surface area contributed by atoms with Crippen LogP contribution in [0.1, 0.15) is 6.92 Å². The van der Waals surface area contributed by atoms with Crippen molar-refractivity contribution < 1.29 is 23.8 Å². The van der Waals surface area contributed by atoms with E-state index in [2.05, 4.69) is 4.74 Å². The largest absolute Gasteiger partial charge is 0.463 e. The quantitative estimate of drug-likeness (QED) is 0.382. The van der Waals surface area contributed by atoms with Crippen LogP contribution in [0.3, 0.4) is 0 Å². The number of ether oxygens (including phenoxy) is 3. The summed E-state index contributed by atoms with van der Waals surface area (Å²) < 4.78 is 14.4. The maximum absolute atomic E-state index is 11.3. The maximum Gasteiger partial charge on any atom is 0.375 e. The molecule has 0 aromatic rings. The van der Waals surface area contributed by atoms with Gasteiger partial charge in [0.1, 0.15) is 0 Å². The monoisotopic (exact) mass is 229 g/mol. The van der Waals surface area contributed by atoms with Gasteiger partial charge in [0.2, 0.25) is 5.76 Å². The molecule has 1 rings (SSSR count). The first-order valence-electron chi connectivity index (χ1n) is 4.94. The second-order valence-corrected chi connectivity index (χ2v) is 3.23. The van der Waals surface area contributed by atoms with Crippen molar-refractivity contribution >= 4 is 11.9 Å². The normalized spacial score (nSPS) is 16.9. The average molecular weight is 229 g/mol. The number of hydrogen-bond donors (Lipinski definition) is 0. The van der Waals surface area contributed by atoms with Crippen LogP contribution >= 0.6 is 0 Å². The Morgan fingerprint density at radius 3 is 2.44 bits per heavy atom. The minimum Gasteiger partial charge on any atom is -0.463 e. The van der Waals surface area contributed by atoms with E-state index in [4.69, 9.17) is 9.47 Å². The predicted molar refractivity (Wildman–Crippen MR) is 54.3 cm³/mol. The summed E-state index contributed by atoms with van der Waals surface area (Å²) >= 11 is 0. The van der Waals surface area contributed by atoms with Crippen LogP contribution in [0.5, 0.6) is 0 Å². The first-order valence-corrected chi connectivity index (χ1v) is 4.94. The Bertz CT molecular complexity index is 294. The number of morpholine rings is 1. The highest BCUT2D eigenvalue weighted by atomic mass is 16.6. The Morgan fingerprint density at radius 2 is 1.94 bits per heavy atom. The van der Waals surface area contributed by atoms with Crippen LogP contribution in [0, 0.1) is 0 Å². The van der Waals surface area contributed by atoms with Crippen LogP contribution in [-0.2, 0) is 23.8 Å². The third kappa shape index (κ3) is 3.90. The summed E-state index contributed by atoms with van der Waals surface area (Å²) in [5.74, 6) is -1.32. The van der Waals surface area contributed by atoms with E-state index in [9.17, 15) is 9.59 Å². The first kappa shape index (κ1) is 12.5. The van der Waals surface area contributed by atoms with Gasteiger partial charge in [0.05, 0.1) is 26.5 Å². The molecule has 0 aromatic heterocycles. The van der Waals surface area contributed by atoms with Gasteiger partial charge in [-0.15, -0.1) is 0 Å². The van der Waals surface area contributed by atoms with Crippen molar-refractivity contribution in [2.75, 3.05) is 33.4 Å². The van der Waals surface area contributed by atoms with Crippen molar-refractivity contribution in [1.29, 1.82) is 0 Å². The molecule has 90 valence electrons. The van der Waals surface area contributed by atoms with Gasteiger partial charge in [-0.1, -0.05) is 0 Å². The Morgan fingerprint density at radius 1 is 1.31 bits per heavy atom. The standard InChI is InChI=1S/C10H15NO5/c1-8(12)16-9(10(13)14-2)7-11-3-5-15-6-4-11/h7H,3-6H2,1-2H3/b9-7-. The van der Waals surface area contributed by atoms with Crippen molar-refractivity contribution in [3.63, 3.8) is 0 Å². The highest BCUT2D eigenvalue weighted by Crippen LogP contribution is 2.06. The van der Waals surface area contributed by atoms with E-state index in [1.54, 1.807) is 0 Å². The van der Waals surface area contributed by atoms with Gasteiger partial charge in [0.25, 0.3) is 0 Å². The third-order valence-electron chi connectivity index (χ3n) is 1.99. The molecule has 6 nitrogen and oxygen atoms in total. The smallest absolute Gasteiger partial charge is 0.375 e. The lowest BCUT2D eigenvalue weighted by molar-refractivity contribution is -0.148. The number of esters is 2. The van der Waals surface area contributed by atoms with Crippen LogP contribution in [-0.4, -0.2) is 50.3 Å². The van der Waals surface area contributed by atoms with Gasteiger partial charge in [0.15, 0.2) is 0 Å². The van der Waals surface area contributed by atoms with Crippen LogP contribution < -0.4 is 0 Å². The molecule has 1 fully saturated rings. The molecule has 0 amide bonds. The van der Waals surface area contributed by atoms with E-state index in [0.717, 1.165) is 0 Å². The van der Waals surface area contributed by atoms with Crippen molar-refractivity contribution in [2.24, 2.45) is 0 Å². The highest BCUT2D eigenvalue weighted by molar-refractivity contribution is 5.88. The van der Waals surface area contributed by atoms with Crippen LogP contribution in [0.2, 0.25) is 0 Å². The minimum absolute atomic E-state index is 0.100. The molecule has 16 heavy (non-hydrogen) atoms. The van der Waals surface area contributed by atoms with Crippen molar-refractivity contribution in [1.82, 2.24) is 4.90 Å². The lowest BCUT2D eigenvalue weighted by atomic mass is 10.4. The second-order valence-electron chi connectivity index (χ2n) is 3.23. The molecule has 1 heterocycles. The van der Waals surface area contributed by atoms with E-state index in [1.807, 2.05) is 4.90 Å². The zero-order valence-corrected chi connectivity index (χ0v) is 9.39. The Labute approximate surface area is 93.8 Å². The van der Waals surface area contributed by atoms with Crippen molar-refractivity contribution in [3.8, 4) is 0 Å². The molecule has 0 radical (unpaired) electrons. The zero-order valence-electron chi connectivity index (χ0n) is 9.39. The molecule has 1 saturated heterocycles. The summed E-state index contributed by atoms with van der Waals surface area (Å²) in [7, 11) is 1.24. The number of methoxy groups -OCH3 is 1. The van der Waals surface area contributed by atoms with E-state index in [-0.39, 0.29) is 5.76 Å². The molecule has 1 aliphatic rings. The molecular weight excluding hydrogens is 214 g/mol. The van der Waals surface area contributed by atoms with E-state index in [0.29, 0.717) is 26.3 Å². The third-order valence-corrected chi connectivity index (χ3v) is 1.99. The zero-order chi connectivity index (χ0) is 12.0. The number of nitrogens with zero attached hydrogens (tertiary/aromatic N) is 1. The lowest BCUT2D eigenvalue weighted by Crippen LogP contribution is -2.33. The van der Waals surface area contributed by atoms with Gasteiger partial charge in [-0.3, -0.25) is 4.79 Å². The topological polar surface area (TPSA) is 65.1 Å². The number of carbonyl (C=O) groups is 2. The van der Waals surface area contributed by atoms with Gasteiger partial charge < -0.3 is 19.1 Å². The molecule has 0 atom stereocenters. The predicted octanol–water partition coefficient (Wildman–Crippen LogP) is -0.104. The van der Waals surface area contributed by atoms with E-state index >= 15 is 0 Å². The summed E-state index contributed by atoms with van der Waals surface area (Å²) in [5, 5.41) is 0. The summed E-state index contributed by atoms with van der Waals surface area (Å²) in [5.41, 5.74) is 0. The molecule has 0 aromatic carbocycles. The Hall–Kier alpha value is -1.56. The Balaban J connectivity index is 2.69. The van der Waals surface area contributed by atoms with Gasteiger partial charge in [0, 0.05) is 20.0 Å². The van der Waals surface area contributed by atoms with Gasteiger partial charge in [-0.05, 0) is 0 Å². The summed E-state index contributed by atoms with van der Waals surface area (Å²) in [4.78, 5) is 23.9. The number of carbonyl (C=O) groups excluding carboxylic acids is 2. The van der Waals surface area contributed by atoms with Crippen molar-refractivity contribution in [2.45, 2.75) is 6.92 Å². The molecule has 0 bridgehead atoms. The molecule has 0 spiro atoms. The highest BCUT2D eigenvalue weighted by Gasteiger charge is 2.17. The summed E-state index contributed by atoms with van der Waals surface area (Å²) in [6.45, 7) is 3.72. The molecule has 0 saturated carbocycles. The fourth-order valence-corrected chi connectivity index (χ4v) is 1.25. The minimum atomic E-state index is -0.665. The van der Waals surface area contributed by atoms with Crippen LogP contribution in [0.15, 0.2) is 12.0 Å². The fourth-order valence-electron chi connectivity index (χ4n) is 1.25. The van der Waals surface area contributed by atoms with Crippen LogP contribution in [0.4, 0.5) is 0 Å².